The van der Waals surface area contributed by atoms with E-state index in [-0.39, 0.29) is 45.6 Å². The van der Waals surface area contributed by atoms with Crippen LogP contribution in [0, 0.1) is 0 Å². The molecule has 39 heavy (non-hydrogen) atoms. The van der Waals surface area contributed by atoms with Crippen LogP contribution in [-0.2, 0) is 35.1 Å². The largest absolute Gasteiger partial charge is 0.490 e. The summed E-state index contributed by atoms with van der Waals surface area (Å²) in [7, 11) is 1.26. The van der Waals surface area contributed by atoms with E-state index >= 15 is 0 Å². The van der Waals surface area contributed by atoms with Gasteiger partial charge in [0.05, 0.1) is 13.5 Å². The molecule has 0 amide bonds. The van der Waals surface area contributed by atoms with Gasteiger partial charge in [-0.15, -0.1) is 0 Å². The molecule has 206 valence electrons. The van der Waals surface area contributed by atoms with Crippen LogP contribution in [0.25, 0.3) is 0 Å². The summed E-state index contributed by atoms with van der Waals surface area (Å²) in [5.74, 6) is -8.10. The molecule has 0 unspecified atom stereocenters. The van der Waals surface area contributed by atoms with Gasteiger partial charge in [0.1, 0.15) is 22.8 Å². The Labute approximate surface area is 221 Å². The molecule has 0 radical (unpaired) electrons. The van der Waals surface area contributed by atoms with Crippen molar-refractivity contribution < 1.29 is 61.9 Å². The number of benzene rings is 2. The molecule has 1 heterocycles. The molecule has 0 aliphatic carbocycles. The number of carbonyl (C=O) groups excluding carboxylic acids is 6. The summed E-state index contributed by atoms with van der Waals surface area (Å²) in [6.45, 7) is 5.54. The Hall–Kier alpha value is -4.94. The van der Waals surface area contributed by atoms with Crippen LogP contribution in [-0.4, -0.2) is 48.5 Å². The smallest absolute Gasteiger partial charge is 0.322 e. The summed E-state index contributed by atoms with van der Waals surface area (Å²) < 4.78 is 37.0. The Kier molecular flexibility index (Phi) is 8.23. The Morgan fingerprint density at radius 3 is 1.69 bits per heavy atom. The van der Waals surface area contributed by atoms with Crippen molar-refractivity contribution in [2.45, 2.75) is 46.8 Å². The number of Topliss-reactive ketones (excluding diaryl/α,β-unsaturated/α-hetero) is 1. The first-order valence-corrected chi connectivity index (χ1v) is 11.3. The maximum absolute atomic E-state index is 13.7. The van der Waals surface area contributed by atoms with Gasteiger partial charge in [0.15, 0.2) is 11.5 Å². The van der Waals surface area contributed by atoms with Gasteiger partial charge in [0, 0.05) is 46.8 Å². The van der Waals surface area contributed by atoms with Crippen molar-refractivity contribution in [3.8, 4) is 34.5 Å². The third kappa shape index (κ3) is 6.50. The molecular formula is C26H24O13. The minimum atomic E-state index is -2.34. The SMILES string of the molecule is COc1c(OC(C)=O)cc(C[C@]2(OC(C)=O)Oc3cc(OC(C)=O)cc(OC(C)=O)c3C2=O)cc1OC(C)=O. The average molecular weight is 544 g/mol. The van der Waals surface area contributed by atoms with Crippen LogP contribution in [0.3, 0.4) is 0 Å². The highest BCUT2D eigenvalue weighted by Gasteiger charge is 2.53. The number of methoxy groups -OCH3 is 1. The molecule has 0 fully saturated rings. The molecule has 2 aromatic rings. The van der Waals surface area contributed by atoms with Gasteiger partial charge in [-0.05, 0) is 17.7 Å². The maximum atomic E-state index is 13.7. The predicted octanol–water partition coefficient (Wildman–Crippen LogP) is 2.47. The van der Waals surface area contributed by atoms with E-state index in [2.05, 4.69) is 0 Å². The van der Waals surface area contributed by atoms with Crippen LogP contribution in [0.1, 0.15) is 50.5 Å². The number of rotatable bonds is 8. The summed E-state index contributed by atoms with van der Waals surface area (Å²) >= 11 is 0. The summed E-state index contributed by atoms with van der Waals surface area (Å²) in [6.07, 6.45) is -0.491. The minimum absolute atomic E-state index is 0.0872. The Bertz CT molecular complexity index is 1350. The van der Waals surface area contributed by atoms with Crippen molar-refractivity contribution in [2.24, 2.45) is 0 Å². The lowest BCUT2D eigenvalue weighted by molar-refractivity contribution is -0.176. The van der Waals surface area contributed by atoms with Crippen LogP contribution < -0.4 is 28.4 Å². The highest BCUT2D eigenvalue weighted by atomic mass is 16.7. The molecule has 1 aliphatic heterocycles. The van der Waals surface area contributed by atoms with Crippen LogP contribution in [0.5, 0.6) is 34.5 Å². The number of ketones is 1. The average Bonchev–Trinajstić information content (AvgIpc) is 3.02. The zero-order valence-corrected chi connectivity index (χ0v) is 21.8. The van der Waals surface area contributed by atoms with E-state index in [9.17, 15) is 28.8 Å². The molecule has 2 aromatic carbocycles. The fraction of sp³-hybridized carbons (Fsp3) is 0.308. The van der Waals surface area contributed by atoms with Crippen molar-refractivity contribution in [3.63, 3.8) is 0 Å². The zero-order valence-electron chi connectivity index (χ0n) is 21.8. The van der Waals surface area contributed by atoms with Crippen molar-refractivity contribution in [1.29, 1.82) is 0 Å². The molecule has 1 aliphatic rings. The Morgan fingerprint density at radius 2 is 1.23 bits per heavy atom. The fourth-order valence-electron chi connectivity index (χ4n) is 3.86. The summed E-state index contributed by atoms with van der Waals surface area (Å²) in [5, 5.41) is 0. The molecule has 13 heteroatoms. The van der Waals surface area contributed by atoms with E-state index in [1.807, 2.05) is 0 Å². The van der Waals surface area contributed by atoms with Gasteiger partial charge < -0.3 is 33.2 Å². The maximum Gasteiger partial charge on any atom is 0.322 e. The van der Waals surface area contributed by atoms with Gasteiger partial charge in [-0.2, -0.15) is 0 Å². The first kappa shape index (κ1) is 28.6. The summed E-state index contributed by atoms with van der Waals surface area (Å²) in [5.41, 5.74) is -0.101. The molecule has 0 saturated carbocycles. The lowest BCUT2D eigenvalue weighted by Gasteiger charge is -2.27. The third-order valence-electron chi connectivity index (χ3n) is 4.94. The number of hydrogen-bond acceptors (Lipinski definition) is 13. The Morgan fingerprint density at radius 1 is 0.718 bits per heavy atom. The van der Waals surface area contributed by atoms with E-state index in [1.165, 1.54) is 25.3 Å². The monoisotopic (exact) mass is 544 g/mol. The molecule has 0 spiro atoms. The van der Waals surface area contributed by atoms with Crippen molar-refractivity contribution in [2.75, 3.05) is 7.11 Å². The molecule has 0 N–H and O–H groups in total. The van der Waals surface area contributed by atoms with Crippen molar-refractivity contribution in [1.82, 2.24) is 0 Å². The van der Waals surface area contributed by atoms with Crippen LogP contribution in [0.2, 0.25) is 0 Å². The van der Waals surface area contributed by atoms with Crippen LogP contribution in [0.4, 0.5) is 0 Å². The van der Waals surface area contributed by atoms with Crippen molar-refractivity contribution in [3.05, 3.63) is 35.4 Å². The van der Waals surface area contributed by atoms with Gasteiger partial charge in [0.2, 0.25) is 5.75 Å². The molecule has 0 saturated heterocycles. The minimum Gasteiger partial charge on any atom is -0.490 e. The molecule has 0 bridgehead atoms. The van der Waals surface area contributed by atoms with Gasteiger partial charge in [-0.3, -0.25) is 28.8 Å². The predicted molar refractivity (Wildman–Crippen MR) is 128 cm³/mol. The first-order valence-electron chi connectivity index (χ1n) is 11.3. The fourth-order valence-corrected chi connectivity index (χ4v) is 3.86. The van der Waals surface area contributed by atoms with E-state index in [0.29, 0.717) is 0 Å². The van der Waals surface area contributed by atoms with E-state index in [0.717, 1.165) is 40.7 Å². The first-order chi connectivity index (χ1) is 18.2. The second-order valence-corrected chi connectivity index (χ2v) is 8.25. The van der Waals surface area contributed by atoms with Gasteiger partial charge in [0.25, 0.3) is 5.78 Å². The van der Waals surface area contributed by atoms with Gasteiger partial charge in [-0.25, -0.2) is 0 Å². The molecule has 0 aromatic heterocycles. The summed E-state index contributed by atoms with van der Waals surface area (Å²) in [6, 6.07) is 4.93. The standard InChI is InChI=1S/C26H24O13/c1-12(27)34-18-9-19(35-13(2)28)23-20(10-18)39-26(25(23)32,38-16(5)31)11-17-7-21(36-14(3)29)24(33-6)22(8-17)37-15(4)30/h7-10H,11H2,1-6H3/t26-/m0/s1. The topological polar surface area (TPSA) is 167 Å². The molecule has 13 nitrogen and oxygen atoms in total. The van der Waals surface area contributed by atoms with E-state index in [1.54, 1.807) is 0 Å². The highest BCUT2D eigenvalue weighted by molar-refractivity contribution is 6.10. The zero-order chi connectivity index (χ0) is 29.1. The lowest BCUT2D eigenvalue weighted by Crippen LogP contribution is -2.46. The van der Waals surface area contributed by atoms with Crippen LogP contribution in [0.15, 0.2) is 24.3 Å². The number of fused-ring (bicyclic) bond motifs is 1. The van der Waals surface area contributed by atoms with E-state index in [4.69, 9.17) is 33.2 Å². The number of carbonyl (C=O) groups is 6. The quantitative estimate of drug-likeness (QED) is 0.351. The van der Waals surface area contributed by atoms with Crippen molar-refractivity contribution >= 4 is 35.6 Å². The molecule has 3 rings (SSSR count). The number of esters is 5. The summed E-state index contributed by atoms with van der Waals surface area (Å²) in [4.78, 5) is 72.5. The third-order valence-corrected chi connectivity index (χ3v) is 4.94. The molecular weight excluding hydrogens is 520 g/mol. The number of hydrogen-bond donors (Lipinski definition) is 0. The normalized spacial score (nSPS) is 15.4. The highest BCUT2D eigenvalue weighted by Crippen LogP contribution is 2.47. The number of ether oxygens (including phenoxy) is 7. The second kappa shape index (κ2) is 11.2. The lowest BCUT2D eigenvalue weighted by atomic mass is 9.97. The van der Waals surface area contributed by atoms with Gasteiger partial charge in [-0.1, -0.05) is 0 Å². The Balaban J connectivity index is 2.18. The van der Waals surface area contributed by atoms with E-state index < -0.39 is 47.8 Å². The van der Waals surface area contributed by atoms with Crippen LogP contribution >= 0.6 is 0 Å². The molecule has 1 atom stereocenters. The van der Waals surface area contributed by atoms with Gasteiger partial charge >= 0.3 is 35.6 Å². The second-order valence-electron chi connectivity index (χ2n) is 8.25.